The fraction of sp³-hybridized carbons (Fsp3) is 0.394. The van der Waals surface area contributed by atoms with Crippen LogP contribution in [0.4, 0.5) is 5.69 Å². The molecule has 41 heavy (non-hydrogen) atoms. The van der Waals surface area contributed by atoms with Gasteiger partial charge < -0.3 is 10.2 Å². The van der Waals surface area contributed by atoms with Crippen LogP contribution in [0.1, 0.15) is 61.9 Å². The van der Waals surface area contributed by atoms with Crippen molar-refractivity contribution in [2.75, 3.05) is 10.8 Å². The van der Waals surface area contributed by atoms with Gasteiger partial charge in [0, 0.05) is 12.1 Å². The molecule has 3 aromatic carbocycles. The van der Waals surface area contributed by atoms with Crippen molar-refractivity contribution >= 4 is 27.5 Å². The quantitative estimate of drug-likeness (QED) is 0.328. The number of carbonyl (C=O) groups excluding carboxylic acids is 2. The van der Waals surface area contributed by atoms with E-state index in [1.807, 2.05) is 85.7 Å². The van der Waals surface area contributed by atoms with Gasteiger partial charge in [0.1, 0.15) is 12.6 Å². The Morgan fingerprint density at radius 1 is 0.829 bits per heavy atom. The second-order valence-electron chi connectivity index (χ2n) is 11.8. The van der Waals surface area contributed by atoms with E-state index < -0.39 is 34.1 Å². The molecule has 0 saturated carbocycles. The number of rotatable bonds is 10. The fourth-order valence-electron chi connectivity index (χ4n) is 4.84. The molecule has 3 aromatic rings. The molecule has 0 aliphatic rings. The maximum atomic E-state index is 14.2. The molecule has 1 N–H and O–H groups in total. The first-order valence-electron chi connectivity index (χ1n) is 14.0. The number of carbonyl (C=O) groups is 2. The highest BCUT2D eigenvalue weighted by Crippen LogP contribution is 2.27. The predicted molar refractivity (Wildman–Crippen MR) is 165 cm³/mol. The number of hydrogen-bond acceptors (Lipinski definition) is 4. The van der Waals surface area contributed by atoms with Crippen LogP contribution in [0.2, 0.25) is 0 Å². The third kappa shape index (κ3) is 8.43. The third-order valence-electron chi connectivity index (χ3n) is 6.70. The number of aryl methyl sites for hydroxylation is 4. The number of hydrogen-bond donors (Lipinski definition) is 1. The molecule has 0 bridgehead atoms. The Bertz CT molecular complexity index is 1470. The van der Waals surface area contributed by atoms with Gasteiger partial charge in [-0.25, -0.2) is 8.42 Å². The first-order valence-corrected chi connectivity index (χ1v) is 15.4. The Morgan fingerprint density at radius 3 is 1.98 bits per heavy atom. The molecule has 0 spiro atoms. The molecule has 0 radical (unpaired) electrons. The van der Waals surface area contributed by atoms with Crippen LogP contribution >= 0.6 is 0 Å². The van der Waals surface area contributed by atoms with Crippen molar-refractivity contribution in [3.8, 4) is 0 Å². The number of sulfonamides is 1. The number of amides is 2. The van der Waals surface area contributed by atoms with E-state index in [4.69, 9.17) is 0 Å². The van der Waals surface area contributed by atoms with Crippen LogP contribution in [-0.4, -0.2) is 43.3 Å². The lowest BCUT2D eigenvalue weighted by molar-refractivity contribution is -0.141. The van der Waals surface area contributed by atoms with E-state index in [1.165, 1.54) is 4.90 Å². The Balaban J connectivity index is 2.11. The van der Waals surface area contributed by atoms with Gasteiger partial charge in [0.25, 0.3) is 10.0 Å². The number of nitrogens with zero attached hydrogens (tertiary/aromatic N) is 2. The molecule has 220 valence electrons. The zero-order chi connectivity index (χ0) is 30.5. The lowest BCUT2D eigenvalue weighted by Crippen LogP contribution is -2.55. The van der Waals surface area contributed by atoms with Gasteiger partial charge in [-0.3, -0.25) is 13.9 Å². The zero-order valence-corrected chi connectivity index (χ0v) is 26.3. The molecule has 3 rings (SSSR count). The van der Waals surface area contributed by atoms with Crippen molar-refractivity contribution in [3.05, 3.63) is 94.5 Å². The second-order valence-corrected chi connectivity index (χ2v) is 13.7. The summed E-state index contributed by atoms with van der Waals surface area (Å²) in [5, 5.41) is 3.00. The molecule has 0 aliphatic carbocycles. The molecule has 2 amide bonds. The van der Waals surface area contributed by atoms with Crippen molar-refractivity contribution in [1.82, 2.24) is 10.2 Å². The fourth-order valence-corrected chi connectivity index (χ4v) is 6.24. The number of benzene rings is 3. The average Bonchev–Trinajstić information content (AvgIpc) is 2.85. The van der Waals surface area contributed by atoms with Gasteiger partial charge in [-0.2, -0.15) is 0 Å². The highest BCUT2D eigenvalue weighted by atomic mass is 32.2. The van der Waals surface area contributed by atoms with Gasteiger partial charge in [0.2, 0.25) is 11.8 Å². The molecule has 0 unspecified atom stereocenters. The first kappa shape index (κ1) is 31.9. The van der Waals surface area contributed by atoms with Gasteiger partial charge in [-0.15, -0.1) is 0 Å². The van der Waals surface area contributed by atoms with Gasteiger partial charge in [-0.05, 0) is 95.8 Å². The SMILES string of the molecule is CC[C@@H](C(=O)NC(C)(C)C)N(Cc1cccc(C)c1)C(=O)CN(c1cc(C)cc(C)c1)S(=O)(=O)c1ccc(C)cc1. The van der Waals surface area contributed by atoms with Crippen LogP contribution in [0.3, 0.4) is 0 Å². The summed E-state index contributed by atoms with van der Waals surface area (Å²) >= 11 is 0. The molecular weight excluding hydrogens is 534 g/mol. The Labute approximate surface area is 245 Å². The molecule has 0 fully saturated rings. The van der Waals surface area contributed by atoms with E-state index in [0.29, 0.717) is 12.1 Å². The van der Waals surface area contributed by atoms with Crippen molar-refractivity contribution < 1.29 is 18.0 Å². The van der Waals surface area contributed by atoms with E-state index in [1.54, 1.807) is 36.4 Å². The molecule has 0 aromatic heterocycles. The number of anilines is 1. The smallest absolute Gasteiger partial charge is 0.264 e. The molecule has 1 atom stereocenters. The largest absolute Gasteiger partial charge is 0.350 e. The molecule has 0 saturated heterocycles. The lowest BCUT2D eigenvalue weighted by Gasteiger charge is -2.35. The molecular formula is C33H43N3O4S. The van der Waals surface area contributed by atoms with Crippen molar-refractivity contribution in [2.45, 2.75) is 84.8 Å². The second kappa shape index (κ2) is 12.9. The summed E-state index contributed by atoms with van der Waals surface area (Å²) in [4.78, 5) is 29.3. The van der Waals surface area contributed by atoms with Crippen LogP contribution in [0, 0.1) is 27.7 Å². The van der Waals surface area contributed by atoms with Crippen molar-refractivity contribution in [2.24, 2.45) is 0 Å². The summed E-state index contributed by atoms with van der Waals surface area (Å²) < 4.78 is 29.3. The Kier molecular flexibility index (Phi) is 10.0. The van der Waals surface area contributed by atoms with Gasteiger partial charge in [0.15, 0.2) is 0 Å². The topological polar surface area (TPSA) is 86.8 Å². The normalized spacial score (nSPS) is 12.5. The highest BCUT2D eigenvalue weighted by Gasteiger charge is 2.34. The van der Waals surface area contributed by atoms with Crippen LogP contribution in [0.5, 0.6) is 0 Å². The van der Waals surface area contributed by atoms with Crippen LogP contribution in [0.15, 0.2) is 71.6 Å². The van der Waals surface area contributed by atoms with Crippen molar-refractivity contribution in [3.63, 3.8) is 0 Å². The summed E-state index contributed by atoms with van der Waals surface area (Å²) in [6.07, 6.45) is 0.369. The maximum absolute atomic E-state index is 14.2. The monoisotopic (exact) mass is 577 g/mol. The highest BCUT2D eigenvalue weighted by molar-refractivity contribution is 7.92. The summed E-state index contributed by atoms with van der Waals surface area (Å²) in [6.45, 7) is 14.9. The third-order valence-corrected chi connectivity index (χ3v) is 8.49. The van der Waals surface area contributed by atoms with Gasteiger partial charge >= 0.3 is 0 Å². The van der Waals surface area contributed by atoms with Crippen molar-refractivity contribution in [1.29, 1.82) is 0 Å². The van der Waals surface area contributed by atoms with Crippen LogP contribution < -0.4 is 9.62 Å². The van der Waals surface area contributed by atoms with Gasteiger partial charge in [0.05, 0.1) is 10.6 Å². The van der Waals surface area contributed by atoms with E-state index in [9.17, 15) is 18.0 Å². The van der Waals surface area contributed by atoms with Gasteiger partial charge in [-0.1, -0.05) is 60.5 Å². The molecule has 0 aliphatic heterocycles. The lowest BCUT2D eigenvalue weighted by atomic mass is 10.0. The summed E-state index contributed by atoms with van der Waals surface area (Å²) in [7, 11) is -4.11. The van der Waals surface area contributed by atoms with E-state index >= 15 is 0 Å². The summed E-state index contributed by atoms with van der Waals surface area (Å²) in [5.74, 6) is -0.738. The summed E-state index contributed by atoms with van der Waals surface area (Å²) in [6, 6.07) is 19.0. The van der Waals surface area contributed by atoms with E-state index in [2.05, 4.69) is 5.32 Å². The predicted octanol–water partition coefficient (Wildman–Crippen LogP) is 5.84. The van der Waals surface area contributed by atoms with E-state index in [0.717, 1.165) is 32.1 Å². The summed E-state index contributed by atoms with van der Waals surface area (Å²) in [5.41, 5.74) is 4.48. The molecule has 8 heteroatoms. The minimum Gasteiger partial charge on any atom is -0.350 e. The van der Waals surface area contributed by atoms with E-state index in [-0.39, 0.29) is 17.3 Å². The minimum atomic E-state index is -4.11. The molecule has 0 heterocycles. The standard InChI is InChI=1S/C33H43N3O4S/c1-9-30(32(38)34-33(6,7)8)35(21-27-12-10-11-24(3)18-27)31(37)22-36(28-19-25(4)17-26(5)20-28)41(39,40)29-15-13-23(2)14-16-29/h10-20,30H,9,21-22H2,1-8H3,(H,34,38)/t30-/m0/s1. The minimum absolute atomic E-state index is 0.0952. The number of nitrogens with one attached hydrogen (secondary N) is 1. The van der Waals surface area contributed by atoms with Crippen LogP contribution in [-0.2, 0) is 26.2 Å². The average molecular weight is 578 g/mol. The Hall–Kier alpha value is -3.65. The first-order chi connectivity index (χ1) is 19.1. The zero-order valence-electron chi connectivity index (χ0n) is 25.5. The Morgan fingerprint density at radius 2 is 1.44 bits per heavy atom. The molecule has 7 nitrogen and oxygen atoms in total. The maximum Gasteiger partial charge on any atom is 0.264 e. The van der Waals surface area contributed by atoms with Crippen LogP contribution in [0.25, 0.3) is 0 Å².